The first kappa shape index (κ1) is 14.8. The molecule has 21 heavy (non-hydrogen) atoms. The van der Waals surface area contributed by atoms with E-state index in [2.05, 4.69) is 5.32 Å². The molecule has 0 fully saturated rings. The van der Waals surface area contributed by atoms with Gasteiger partial charge in [0, 0.05) is 12.1 Å². The molecule has 108 valence electrons. The van der Waals surface area contributed by atoms with E-state index in [0.717, 1.165) is 5.56 Å². The largest absolute Gasteiger partial charge is 0.508 e. The van der Waals surface area contributed by atoms with E-state index in [9.17, 15) is 15.0 Å². The molecule has 6 heteroatoms. The van der Waals surface area contributed by atoms with Gasteiger partial charge in [0.25, 0.3) is 5.91 Å². The van der Waals surface area contributed by atoms with Gasteiger partial charge >= 0.3 is 0 Å². The van der Waals surface area contributed by atoms with Crippen LogP contribution in [0.3, 0.4) is 0 Å². The average molecular weight is 302 g/mol. The Labute approximate surface area is 127 Å². The number of carbonyl (C=O) groups is 1. The van der Waals surface area contributed by atoms with Crippen LogP contribution in [-0.4, -0.2) is 21.1 Å². The predicted octanol–water partition coefficient (Wildman–Crippen LogP) is 2.18. The van der Waals surface area contributed by atoms with Gasteiger partial charge in [-0.2, -0.15) is 0 Å². The van der Waals surface area contributed by atoms with Gasteiger partial charge in [-0.1, -0.05) is 24.4 Å². The van der Waals surface area contributed by atoms with Crippen molar-refractivity contribution in [3.8, 4) is 11.5 Å². The van der Waals surface area contributed by atoms with Crippen LogP contribution >= 0.6 is 12.2 Å². The fraction of sp³-hybridized carbons (Fsp3) is 0.0667. The first-order chi connectivity index (χ1) is 9.95. The average Bonchev–Trinajstić information content (AvgIpc) is 2.43. The Hall–Kier alpha value is -2.60. The van der Waals surface area contributed by atoms with E-state index in [1.807, 2.05) is 0 Å². The number of rotatable bonds is 4. The van der Waals surface area contributed by atoms with Crippen molar-refractivity contribution < 1.29 is 15.0 Å². The number of anilines is 1. The number of phenolic OH excluding ortho intramolecular Hbond substituents is 2. The normalized spacial score (nSPS) is 10.1. The second-order valence-electron chi connectivity index (χ2n) is 4.50. The van der Waals surface area contributed by atoms with Crippen LogP contribution in [0, 0.1) is 0 Å². The van der Waals surface area contributed by atoms with Crippen molar-refractivity contribution in [2.75, 3.05) is 5.32 Å². The second-order valence-corrected chi connectivity index (χ2v) is 5.02. The monoisotopic (exact) mass is 302 g/mol. The Bertz CT molecular complexity index is 684. The van der Waals surface area contributed by atoms with Crippen LogP contribution < -0.4 is 11.1 Å². The molecule has 5 N–H and O–H groups in total. The van der Waals surface area contributed by atoms with Crippen LogP contribution in [0.25, 0.3) is 0 Å². The lowest BCUT2D eigenvalue weighted by molar-refractivity contribution is 0.102. The van der Waals surface area contributed by atoms with Gasteiger partial charge in [0.05, 0.1) is 10.6 Å². The number of hydrogen-bond donors (Lipinski definition) is 4. The number of amides is 1. The molecule has 0 heterocycles. The highest BCUT2D eigenvalue weighted by atomic mass is 32.1. The van der Waals surface area contributed by atoms with Crippen molar-refractivity contribution in [3.63, 3.8) is 0 Å². The zero-order valence-corrected chi connectivity index (χ0v) is 11.9. The van der Waals surface area contributed by atoms with Crippen molar-refractivity contribution in [1.29, 1.82) is 0 Å². The third-order valence-corrected chi connectivity index (χ3v) is 2.96. The number of thiocarbonyl (C=S) groups is 1. The standard InChI is InChI=1S/C15H14N2O3S/c16-14(21)7-9-1-3-10(4-2-9)17-15(20)12-8-11(18)5-6-13(12)19/h1-6,8,18-19H,7H2,(H2,16,21)(H,17,20). The second kappa shape index (κ2) is 6.23. The SMILES string of the molecule is NC(=S)Cc1ccc(NC(=O)c2cc(O)ccc2O)cc1. The molecule has 0 saturated heterocycles. The van der Waals surface area contributed by atoms with Crippen LogP contribution in [0.2, 0.25) is 0 Å². The van der Waals surface area contributed by atoms with Crippen molar-refractivity contribution in [3.05, 3.63) is 53.6 Å². The van der Waals surface area contributed by atoms with Crippen LogP contribution in [0.15, 0.2) is 42.5 Å². The number of aromatic hydroxyl groups is 2. The van der Waals surface area contributed by atoms with Gasteiger partial charge in [-0.3, -0.25) is 4.79 Å². The molecule has 2 rings (SSSR count). The summed E-state index contributed by atoms with van der Waals surface area (Å²) in [6, 6.07) is 10.8. The van der Waals surface area contributed by atoms with Gasteiger partial charge in [0.2, 0.25) is 0 Å². The Morgan fingerprint density at radius 3 is 2.43 bits per heavy atom. The molecule has 0 aliphatic rings. The van der Waals surface area contributed by atoms with Gasteiger partial charge in [-0.05, 0) is 35.9 Å². The molecule has 0 radical (unpaired) electrons. The summed E-state index contributed by atoms with van der Waals surface area (Å²) in [4.78, 5) is 12.4. The molecule has 2 aromatic carbocycles. The summed E-state index contributed by atoms with van der Waals surface area (Å²) in [5, 5.41) is 21.6. The number of benzene rings is 2. The smallest absolute Gasteiger partial charge is 0.259 e. The van der Waals surface area contributed by atoms with Crippen LogP contribution in [0.5, 0.6) is 11.5 Å². The van der Waals surface area contributed by atoms with Crippen LogP contribution in [-0.2, 0) is 6.42 Å². The number of phenols is 2. The molecular weight excluding hydrogens is 288 g/mol. The summed E-state index contributed by atoms with van der Waals surface area (Å²) in [5.41, 5.74) is 6.97. The highest BCUT2D eigenvalue weighted by Crippen LogP contribution is 2.23. The van der Waals surface area contributed by atoms with Crippen molar-refractivity contribution in [1.82, 2.24) is 0 Å². The van der Waals surface area contributed by atoms with E-state index in [-0.39, 0.29) is 17.1 Å². The summed E-state index contributed by atoms with van der Waals surface area (Å²) in [5.74, 6) is -0.800. The lowest BCUT2D eigenvalue weighted by Gasteiger charge is -2.08. The first-order valence-electron chi connectivity index (χ1n) is 6.16. The molecular formula is C15H14N2O3S. The highest BCUT2D eigenvalue weighted by molar-refractivity contribution is 7.80. The van der Waals surface area contributed by atoms with Crippen LogP contribution in [0.1, 0.15) is 15.9 Å². The molecule has 0 bridgehead atoms. The minimum absolute atomic E-state index is 0.00205. The molecule has 2 aromatic rings. The predicted molar refractivity (Wildman–Crippen MR) is 84.7 cm³/mol. The van der Waals surface area contributed by atoms with Crippen LogP contribution in [0.4, 0.5) is 5.69 Å². The Morgan fingerprint density at radius 1 is 1.14 bits per heavy atom. The number of nitrogens with one attached hydrogen (secondary N) is 1. The third-order valence-electron chi connectivity index (χ3n) is 2.81. The molecule has 5 nitrogen and oxygen atoms in total. The molecule has 0 unspecified atom stereocenters. The van der Waals surface area contributed by atoms with Gasteiger partial charge in [-0.25, -0.2) is 0 Å². The lowest BCUT2D eigenvalue weighted by atomic mass is 10.1. The summed E-state index contributed by atoms with van der Waals surface area (Å²) in [7, 11) is 0. The summed E-state index contributed by atoms with van der Waals surface area (Å²) in [6.45, 7) is 0. The summed E-state index contributed by atoms with van der Waals surface area (Å²) < 4.78 is 0. The van der Waals surface area contributed by atoms with Gasteiger partial charge < -0.3 is 21.3 Å². The lowest BCUT2D eigenvalue weighted by Crippen LogP contribution is -2.13. The molecule has 0 saturated carbocycles. The fourth-order valence-electron chi connectivity index (χ4n) is 1.81. The van der Waals surface area contributed by atoms with E-state index in [4.69, 9.17) is 18.0 Å². The minimum Gasteiger partial charge on any atom is -0.508 e. The number of carbonyl (C=O) groups excluding carboxylic acids is 1. The van der Waals surface area contributed by atoms with E-state index in [0.29, 0.717) is 17.1 Å². The zero-order chi connectivity index (χ0) is 15.4. The van der Waals surface area contributed by atoms with E-state index < -0.39 is 5.91 Å². The quantitative estimate of drug-likeness (QED) is 0.513. The van der Waals surface area contributed by atoms with Gasteiger partial charge in [0.15, 0.2) is 0 Å². The van der Waals surface area contributed by atoms with Crippen molar-refractivity contribution in [2.45, 2.75) is 6.42 Å². The highest BCUT2D eigenvalue weighted by Gasteiger charge is 2.12. The van der Waals surface area contributed by atoms with Gasteiger partial charge in [-0.15, -0.1) is 0 Å². The van der Waals surface area contributed by atoms with E-state index in [1.165, 1.54) is 18.2 Å². The Balaban J connectivity index is 2.12. The topological polar surface area (TPSA) is 95.6 Å². The van der Waals surface area contributed by atoms with E-state index >= 15 is 0 Å². The maximum atomic E-state index is 12.0. The van der Waals surface area contributed by atoms with Crippen molar-refractivity contribution in [2.24, 2.45) is 5.73 Å². The molecule has 0 aromatic heterocycles. The molecule has 0 spiro atoms. The number of nitrogens with two attached hydrogens (primary N) is 1. The van der Waals surface area contributed by atoms with Crippen molar-refractivity contribution >= 4 is 28.8 Å². The minimum atomic E-state index is -0.509. The first-order valence-corrected chi connectivity index (χ1v) is 6.57. The third kappa shape index (κ3) is 3.93. The maximum absolute atomic E-state index is 12.0. The Morgan fingerprint density at radius 2 is 1.81 bits per heavy atom. The molecule has 0 aliphatic heterocycles. The zero-order valence-electron chi connectivity index (χ0n) is 11.0. The van der Waals surface area contributed by atoms with E-state index in [1.54, 1.807) is 24.3 Å². The summed E-state index contributed by atoms with van der Waals surface area (Å²) >= 11 is 4.83. The molecule has 1 amide bonds. The number of hydrogen-bond acceptors (Lipinski definition) is 4. The molecule has 0 atom stereocenters. The Kier molecular flexibility index (Phi) is 4.39. The maximum Gasteiger partial charge on any atom is 0.259 e. The fourth-order valence-corrected chi connectivity index (χ4v) is 1.98. The summed E-state index contributed by atoms with van der Waals surface area (Å²) in [6.07, 6.45) is 0.497. The molecule has 0 aliphatic carbocycles. The van der Waals surface area contributed by atoms with Gasteiger partial charge in [0.1, 0.15) is 11.5 Å².